The van der Waals surface area contributed by atoms with Crippen molar-refractivity contribution in [3.63, 3.8) is 0 Å². The molecule has 2 fully saturated rings. The molecule has 3 aliphatic heterocycles. The van der Waals surface area contributed by atoms with Gasteiger partial charge in [0.2, 0.25) is 11.7 Å². The quantitative estimate of drug-likeness (QED) is 0.444. The van der Waals surface area contributed by atoms with Crippen LogP contribution in [-0.4, -0.2) is 67.1 Å². The van der Waals surface area contributed by atoms with Crippen LogP contribution in [0, 0.1) is 11.7 Å². The fourth-order valence-corrected chi connectivity index (χ4v) is 6.51. The average molecular weight is 588 g/mol. The molecule has 1 amide bonds. The van der Waals surface area contributed by atoms with E-state index in [0.29, 0.717) is 29.5 Å². The van der Waals surface area contributed by atoms with Crippen LogP contribution in [0.2, 0.25) is 0 Å². The smallest absolute Gasteiger partial charge is 0.255 e. The molecule has 2 aromatic carbocycles. The van der Waals surface area contributed by atoms with Gasteiger partial charge in [0.1, 0.15) is 11.6 Å². The summed E-state index contributed by atoms with van der Waals surface area (Å²) in [5.41, 5.74) is 2.85. The lowest BCUT2D eigenvalue weighted by atomic mass is 9.89. The molecule has 2 saturated heterocycles. The average Bonchev–Trinajstić information content (AvgIpc) is 2.98. The third-order valence-electron chi connectivity index (χ3n) is 8.59. The summed E-state index contributed by atoms with van der Waals surface area (Å²) in [4.78, 5) is 27.3. The van der Waals surface area contributed by atoms with Crippen molar-refractivity contribution in [2.45, 2.75) is 77.7 Å². The second-order valence-electron chi connectivity index (χ2n) is 12.6. The standard InChI is InChI=1S/C34H42FN5O3/c1-22-8-9-28-29(16-22)31(43-34(4)12-13-36-33(38-34)40-20-23(2)42-24(3)21-40)11-10-30(28)37-32(41)25-17-26(35)19-27(18-25)39-14-6-5-7-15-39/h8-11,13,17-19,22-24H,5-7,12,14-16,20-21H2,1-4H3,(H,37,41)/t22?,23-,24+,34?. The Hall–Kier alpha value is -3.72. The number of morpholine rings is 1. The normalized spacial score (nSPS) is 27.0. The second-order valence-corrected chi connectivity index (χ2v) is 12.6. The topological polar surface area (TPSA) is 78.8 Å². The van der Waals surface area contributed by atoms with Crippen molar-refractivity contribution in [1.82, 2.24) is 4.90 Å². The van der Waals surface area contributed by atoms with Crippen LogP contribution in [0.3, 0.4) is 0 Å². The minimum Gasteiger partial charge on any atom is -0.466 e. The molecule has 8 nitrogen and oxygen atoms in total. The number of anilines is 2. The van der Waals surface area contributed by atoms with E-state index in [1.54, 1.807) is 6.07 Å². The van der Waals surface area contributed by atoms with E-state index in [9.17, 15) is 9.18 Å². The van der Waals surface area contributed by atoms with Crippen molar-refractivity contribution in [2.75, 3.05) is 36.4 Å². The van der Waals surface area contributed by atoms with Crippen LogP contribution in [0.15, 0.2) is 46.4 Å². The van der Waals surface area contributed by atoms with E-state index in [0.717, 1.165) is 68.0 Å². The molecule has 2 unspecified atom stereocenters. The number of guanidine groups is 1. The van der Waals surface area contributed by atoms with Gasteiger partial charge in [0, 0.05) is 66.9 Å². The zero-order valence-electron chi connectivity index (χ0n) is 25.6. The molecule has 9 heteroatoms. The Bertz CT molecular complexity index is 1460. The van der Waals surface area contributed by atoms with Gasteiger partial charge in [0.05, 0.1) is 12.2 Å². The number of rotatable bonds is 5. The van der Waals surface area contributed by atoms with Gasteiger partial charge in [0.15, 0.2) is 0 Å². The highest BCUT2D eigenvalue weighted by Crippen LogP contribution is 2.38. The first-order valence-electron chi connectivity index (χ1n) is 15.6. The SMILES string of the molecule is CC1C=Cc2c(NC(=O)c3cc(F)cc(N4CCCCC4)c3)ccc(OC3(C)CC=NC(N4C[C@@H](C)O[C@@H](C)C4)=N3)c2C1. The molecule has 0 saturated carbocycles. The molecule has 0 spiro atoms. The van der Waals surface area contributed by atoms with E-state index < -0.39 is 11.5 Å². The molecule has 1 N–H and O–H groups in total. The molecule has 2 aromatic rings. The van der Waals surface area contributed by atoms with Crippen LogP contribution in [-0.2, 0) is 11.2 Å². The zero-order chi connectivity index (χ0) is 30.1. The third-order valence-corrected chi connectivity index (χ3v) is 8.59. The fourth-order valence-electron chi connectivity index (χ4n) is 6.51. The number of ether oxygens (including phenoxy) is 2. The number of fused-ring (bicyclic) bond motifs is 1. The Morgan fingerprint density at radius 2 is 1.84 bits per heavy atom. The number of nitrogens with zero attached hydrogens (tertiary/aromatic N) is 4. The zero-order valence-corrected chi connectivity index (χ0v) is 25.6. The number of allylic oxidation sites excluding steroid dienone is 1. The number of benzene rings is 2. The number of aliphatic imine (C=N–C) groups is 2. The van der Waals surface area contributed by atoms with Crippen LogP contribution in [0.4, 0.5) is 15.8 Å². The van der Waals surface area contributed by atoms with E-state index in [1.165, 1.54) is 18.6 Å². The number of piperidine rings is 1. The highest BCUT2D eigenvalue weighted by atomic mass is 19.1. The Morgan fingerprint density at radius 3 is 2.60 bits per heavy atom. The van der Waals surface area contributed by atoms with Crippen LogP contribution >= 0.6 is 0 Å². The van der Waals surface area contributed by atoms with Gasteiger partial charge >= 0.3 is 0 Å². The Morgan fingerprint density at radius 1 is 1.07 bits per heavy atom. The monoisotopic (exact) mass is 587 g/mol. The summed E-state index contributed by atoms with van der Waals surface area (Å²) >= 11 is 0. The number of nitrogens with one attached hydrogen (secondary N) is 1. The largest absolute Gasteiger partial charge is 0.466 e. The van der Waals surface area contributed by atoms with Gasteiger partial charge in [-0.05, 0) is 82.7 Å². The Balaban J connectivity index is 1.25. The number of halogens is 1. The molecule has 4 atom stereocenters. The summed E-state index contributed by atoms with van der Waals surface area (Å²) in [6, 6.07) is 8.40. The second kappa shape index (κ2) is 12.1. The maximum Gasteiger partial charge on any atom is 0.255 e. The van der Waals surface area contributed by atoms with E-state index in [2.05, 4.69) is 47.0 Å². The number of hydrogen-bond donors (Lipinski definition) is 1. The van der Waals surface area contributed by atoms with Crippen molar-refractivity contribution < 1.29 is 18.7 Å². The molecule has 0 aromatic heterocycles. The summed E-state index contributed by atoms with van der Waals surface area (Å²) < 4.78 is 27.2. The molecule has 0 radical (unpaired) electrons. The molecule has 4 aliphatic rings. The van der Waals surface area contributed by atoms with E-state index >= 15 is 0 Å². The lowest BCUT2D eigenvalue weighted by Crippen LogP contribution is -2.49. The molecule has 3 heterocycles. The highest BCUT2D eigenvalue weighted by Gasteiger charge is 2.34. The maximum atomic E-state index is 14.6. The molecule has 0 bridgehead atoms. The number of hydrogen-bond acceptors (Lipinski definition) is 7. The number of amides is 1. The van der Waals surface area contributed by atoms with Crippen molar-refractivity contribution in [3.05, 3.63) is 58.9 Å². The van der Waals surface area contributed by atoms with Crippen LogP contribution in [0.5, 0.6) is 5.75 Å². The maximum absolute atomic E-state index is 14.6. The molecule has 1 aliphatic carbocycles. The number of carbonyl (C=O) groups is 1. The predicted octanol–water partition coefficient (Wildman–Crippen LogP) is 6.31. The summed E-state index contributed by atoms with van der Waals surface area (Å²) in [6.45, 7) is 11.5. The third kappa shape index (κ3) is 6.61. The minimum absolute atomic E-state index is 0.0996. The van der Waals surface area contributed by atoms with Gasteiger partial charge in [-0.1, -0.05) is 19.1 Å². The van der Waals surface area contributed by atoms with Gasteiger partial charge in [-0.25, -0.2) is 14.4 Å². The molecule has 6 rings (SSSR count). The van der Waals surface area contributed by atoms with Crippen LogP contribution in [0.1, 0.15) is 74.9 Å². The van der Waals surface area contributed by atoms with E-state index in [-0.39, 0.29) is 18.1 Å². The summed E-state index contributed by atoms with van der Waals surface area (Å²) in [6.07, 6.45) is 10.9. The van der Waals surface area contributed by atoms with Gasteiger partial charge < -0.3 is 24.6 Å². The van der Waals surface area contributed by atoms with Crippen LogP contribution < -0.4 is 15.0 Å². The molecule has 43 heavy (non-hydrogen) atoms. The van der Waals surface area contributed by atoms with Crippen molar-refractivity contribution in [2.24, 2.45) is 15.9 Å². The predicted molar refractivity (Wildman–Crippen MR) is 170 cm³/mol. The van der Waals surface area contributed by atoms with Crippen molar-refractivity contribution in [3.8, 4) is 5.75 Å². The molecule has 228 valence electrons. The Kier molecular flexibility index (Phi) is 8.27. The highest BCUT2D eigenvalue weighted by molar-refractivity contribution is 6.06. The number of carbonyl (C=O) groups excluding carboxylic acids is 1. The summed E-state index contributed by atoms with van der Waals surface area (Å²) in [5.74, 6) is 0.984. The van der Waals surface area contributed by atoms with Gasteiger partial charge in [-0.15, -0.1) is 0 Å². The van der Waals surface area contributed by atoms with Gasteiger partial charge in [0.25, 0.3) is 5.91 Å². The molecular weight excluding hydrogens is 545 g/mol. The minimum atomic E-state index is -0.822. The lowest BCUT2D eigenvalue weighted by Gasteiger charge is -2.38. The first-order chi connectivity index (χ1) is 20.7. The van der Waals surface area contributed by atoms with Crippen molar-refractivity contribution in [1.29, 1.82) is 0 Å². The van der Waals surface area contributed by atoms with Crippen molar-refractivity contribution >= 4 is 35.5 Å². The van der Waals surface area contributed by atoms with Crippen LogP contribution in [0.25, 0.3) is 6.08 Å². The van der Waals surface area contributed by atoms with E-state index in [4.69, 9.17) is 14.5 Å². The fraction of sp³-hybridized carbons (Fsp3) is 0.500. The van der Waals surface area contributed by atoms with Gasteiger partial charge in [-0.2, -0.15) is 0 Å². The summed E-state index contributed by atoms with van der Waals surface area (Å²) in [5, 5.41) is 3.06. The van der Waals surface area contributed by atoms with Gasteiger partial charge in [-0.3, -0.25) is 4.79 Å². The summed E-state index contributed by atoms with van der Waals surface area (Å²) in [7, 11) is 0. The van der Waals surface area contributed by atoms with E-state index in [1.807, 2.05) is 31.3 Å². The first-order valence-corrected chi connectivity index (χ1v) is 15.6. The lowest BCUT2D eigenvalue weighted by molar-refractivity contribution is -0.0490. The Labute approximate surface area is 253 Å². The first kappa shape index (κ1) is 29.4. The molecular formula is C34H42FN5O3.